The van der Waals surface area contributed by atoms with Gasteiger partial charge in [-0.25, -0.2) is 17.6 Å². The topological polar surface area (TPSA) is 93.9 Å². The van der Waals surface area contributed by atoms with E-state index in [0.717, 1.165) is 6.26 Å². The first-order valence-corrected chi connectivity index (χ1v) is 12.0. The Hall–Kier alpha value is -3.20. The summed E-state index contributed by atoms with van der Waals surface area (Å²) in [6, 6.07) is 8.38. The lowest BCUT2D eigenvalue weighted by molar-refractivity contribution is 0.0528. The van der Waals surface area contributed by atoms with Crippen molar-refractivity contribution in [3.05, 3.63) is 53.3 Å². The summed E-state index contributed by atoms with van der Waals surface area (Å²) in [5.41, 5.74) is 1.18. The van der Waals surface area contributed by atoms with E-state index in [1.807, 2.05) is 0 Å². The molecule has 1 atom stereocenters. The van der Waals surface area contributed by atoms with Gasteiger partial charge in [0.1, 0.15) is 22.7 Å². The Labute approximate surface area is 184 Å². The van der Waals surface area contributed by atoms with Crippen LogP contribution in [0.15, 0.2) is 40.8 Å². The first-order valence-electron chi connectivity index (χ1n) is 10.2. The van der Waals surface area contributed by atoms with Crippen LogP contribution < -0.4 is 4.31 Å². The first-order chi connectivity index (χ1) is 15.1. The van der Waals surface area contributed by atoms with Gasteiger partial charge < -0.3 is 9.15 Å². The summed E-state index contributed by atoms with van der Waals surface area (Å²) in [5, 5.41) is 0.331. The fourth-order valence-electron chi connectivity index (χ4n) is 3.92. The molecule has 0 saturated carbocycles. The van der Waals surface area contributed by atoms with Crippen LogP contribution in [0, 0.1) is 11.7 Å². The molecule has 0 N–H and O–H groups in total. The van der Waals surface area contributed by atoms with Crippen LogP contribution in [-0.2, 0) is 14.8 Å². The van der Waals surface area contributed by atoms with Crippen LogP contribution in [0.2, 0.25) is 0 Å². The molecular formula is C23H22FNO6S. The number of furan rings is 1. The number of ether oxygens (including phenoxy) is 1. The largest absolute Gasteiger partial charge is 0.462 e. The SMILES string of the molecule is CCOC(=O)c1c(-c2ccc(F)cc2)oc2cc3c(cc12)C(=O)C(C)CCN3S(C)(=O)=O. The van der Waals surface area contributed by atoms with Gasteiger partial charge >= 0.3 is 5.97 Å². The number of esters is 1. The van der Waals surface area contributed by atoms with E-state index in [9.17, 15) is 22.4 Å². The Morgan fingerprint density at radius 2 is 1.94 bits per heavy atom. The standard InChI is InChI=1S/C23H22FNO6S/c1-4-30-23(27)20-17-11-16-18(25(32(3,28)29)10-9-13(2)21(16)26)12-19(17)31-22(20)14-5-7-15(24)8-6-14/h5-8,11-13H,4,9-10H2,1-3H3. The molecule has 0 fully saturated rings. The van der Waals surface area contributed by atoms with Crippen molar-refractivity contribution in [3.8, 4) is 11.3 Å². The number of carbonyl (C=O) groups excluding carboxylic acids is 2. The number of halogens is 1. The molecule has 0 saturated heterocycles. The fourth-order valence-corrected chi connectivity index (χ4v) is 4.86. The average Bonchev–Trinajstić information content (AvgIpc) is 3.05. The Bertz CT molecular complexity index is 1330. The highest BCUT2D eigenvalue weighted by Crippen LogP contribution is 2.40. The van der Waals surface area contributed by atoms with Crippen LogP contribution in [0.1, 0.15) is 41.0 Å². The zero-order valence-electron chi connectivity index (χ0n) is 17.8. The monoisotopic (exact) mass is 459 g/mol. The predicted molar refractivity (Wildman–Crippen MR) is 118 cm³/mol. The molecule has 0 aliphatic carbocycles. The average molecular weight is 459 g/mol. The quantitative estimate of drug-likeness (QED) is 0.537. The van der Waals surface area contributed by atoms with Gasteiger partial charge in [-0.15, -0.1) is 0 Å². The number of Topliss-reactive ketones (excluding diaryl/α,β-unsaturated/α-hetero) is 1. The zero-order chi connectivity index (χ0) is 23.2. The molecule has 1 aliphatic rings. The van der Waals surface area contributed by atoms with Crippen molar-refractivity contribution < 1.29 is 31.6 Å². The number of nitrogens with zero attached hydrogens (tertiary/aromatic N) is 1. The molecular weight excluding hydrogens is 437 g/mol. The van der Waals surface area contributed by atoms with E-state index in [1.165, 1.54) is 40.7 Å². The summed E-state index contributed by atoms with van der Waals surface area (Å²) >= 11 is 0. The van der Waals surface area contributed by atoms with E-state index in [2.05, 4.69) is 0 Å². The summed E-state index contributed by atoms with van der Waals surface area (Å²) in [6.45, 7) is 3.68. The summed E-state index contributed by atoms with van der Waals surface area (Å²) < 4.78 is 50.7. The lowest BCUT2D eigenvalue weighted by Crippen LogP contribution is -2.30. The maximum Gasteiger partial charge on any atom is 0.342 e. The van der Waals surface area contributed by atoms with Gasteiger partial charge in [0, 0.05) is 35.0 Å². The van der Waals surface area contributed by atoms with Crippen molar-refractivity contribution in [1.82, 2.24) is 0 Å². The Morgan fingerprint density at radius 1 is 1.25 bits per heavy atom. The van der Waals surface area contributed by atoms with Gasteiger partial charge in [-0.05, 0) is 43.7 Å². The van der Waals surface area contributed by atoms with Gasteiger partial charge in [0.25, 0.3) is 0 Å². The number of hydrogen-bond donors (Lipinski definition) is 0. The highest BCUT2D eigenvalue weighted by atomic mass is 32.2. The third-order valence-corrected chi connectivity index (χ3v) is 6.72. The molecule has 3 aromatic rings. The van der Waals surface area contributed by atoms with Crippen molar-refractivity contribution in [1.29, 1.82) is 0 Å². The highest BCUT2D eigenvalue weighted by molar-refractivity contribution is 7.92. The number of anilines is 1. The maximum atomic E-state index is 13.4. The van der Waals surface area contributed by atoms with E-state index in [0.29, 0.717) is 17.4 Å². The lowest BCUT2D eigenvalue weighted by atomic mass is 9.95. The van der Waals surface area contributed by atoms with Crippen LogP contribution in [0.3, 0.4) is 0 Å². The molecule has 0 bridgehead atoms. The number of benzene rings is 2. The second kappa shape index (κ2) is 8.05. The van der Waals surface area contributed by atoms with Crippen LogP contribution in [0.25, 0.3) is 22.3 Å². The minimum atomic E-state index is -3.66. The molecule has 1 aromatic heterocycles. The van der Waals surface area contributed by atoms with Gasteiger partial charge in [-0.3, -0.25) is 9.10 Å². The third-order valence-electron chi connectivity index (χ3n) is 5.54. The maximum absolute atomic E-state index is 13.4. The fraction of sp³-hybridized carbons (Fsp3) is 0.304. The van der Waals surface area contributed by atoms with Crippen molar-refractivity contribution in [2.45, 2.75) is 20.3 Å². The second-order valence-electron chi connectivity index (χ2n) is 7.79. The molecule has 4 rings (SSSR count). The van der Waals surface area contributed by atoms with E-state index in [-0.39, 0.29) is 47.1 Å². The van der Waals surface area contributed by atoms with Gasteiger partial charge in [-0.2, -0.15) is 0 Å². The first kappa shape index (κ1) is 22.0. The smallest absolute Gasteiger partial charge is 0.342 e. The molecule has 168 valence electrons. The van der Waals surface area contributed by atoms with Crippen molar-refractivity contribution in [2.24, 2.45) is 5.92 Å². The molecule has 7 nitrogen and oxygen atoms in total. The molecule has 32 heavy (non-hydrogen) atoms. The number of rotatable bonds is 4. The summed E-state index contributed by atoms with van der Waals surface area (Å²) in [6.07, 6.45) is 1.45. The van der Waals surface area contributed by atoms with E-state index >= 15 is 0 Å². The number of ketones is 1. The van der Waals surface area contributed by atoms with E-state index in [4.69, 9.17) is 9.15 Å². The van der Waals surface area contributed by atoms with Gasteiger partial charge in [0.2, 0.25) is 10.0 Å². The highest BCUT2D eigenvalue weighted by Gasteiger charge is 2.33. The molecule has 2 heterocycles. The summed E-state index contributed by atoms with van der Waals surface area (Å²) in [4.78, 5) is 25.9. The molecule has 1 aliphatic heterocycles. The Morgan fingerprint density at radius 3 is 2.56 bits per heavy atom. The minimum Gasteiger partial charge on any atom is -0.462 e. The lowest BCUT2D eigenvalue weighted by Gasteiger charge is -2.21. The molecule has 9 heteroatoms. The van der Waals surface area contributed by atoms with Gasteiger partial charge in [-0.1, -0.05) is 6.92 Å². The number of fused-ring (bicyclic) bond motifs is 2. The second-order valence-corrected chi connectivity index (χ2v) is 9.69. The van der Waals surface area contributed by atoms with E-state index in [1.54, 1.807) is 13.8 Å². The van der Waals surface area contributed by atoms with Crippen molar-refractivity contribution >= 4 is 38.4 Å². The molecule has 1 unspecified atom stereocenters. The summed E-state index contributed by atoms with van der Waals surface area (Å²) in [5.74, 6) is -1.55. The van der Waals surface area contributed by atoms with Crippen molar-refractivity contribution in [2.75, 3.05) is 23.7 Å². The normalized spacial score (nSPS) is 16.7. The number of sulfonamides is 1. The van der Waals surface area contributed by atoms with E-state index < -0.39 is 27.7 Å². The molecule has 0 radical (unpaired) electrons. The number of hydrogen-bond acceptors (Lipinski definition) is 6. The van der Waals surface area contributed by atoms with Gasteiger partial charge in [0.15, 0.2) is 5.78 Å². The van der Waals surface area contributed by atoms with Crippen LogP contribution in [0.4, 0.5) is 10.1 Å². The van der Waals surface area contributed by atoms with Crippen LogP contribution >= 0.6 is 0 Å². The number of carbonyl (C=O) groups is 2. The predicted octanol–water partition coefficient (Wildman–Crippen LogP) is 4.40. The van der Waals surface area contributed by atoms with Gasteiger partial charge in [0.05, 0.1) is 18.6 Å². The molecule has 0 amide bonds. The van der Waals surface area contributed by atoms with Crippen molar-refractivity contribution in [3.63, 3.8) is 0 Å². The Kier molecular flexibility index (Phi) is 5.54. The molecule has 2 aromatic carbocycles. The summed E-state index contributed by atoms with van der Waals surface area (Å²) in [7, 11) is -3.66. The van der Waals surface area contributed by atoms with Crippen LogP contribution in [0.5, 0.6) is 0 Å². The zero-order valence-corrected chi connectivity index (χ0v) is 18.7. The Balaban J connectivity index is 2.04. The molecule has 0 spiro atoms. The minimum absolute atomic E-state index is 0.104. The third kappa shape index (κ3) is 3.77. The van der Waals surface area contributed by atoms with Crippen LogP contribution in [-0.4, -0.2) is 39.6 Å².